The van der Waals surface area contributed by atoms with Crippen molar-refractivity contribution in [1.29, 1.82) is 0 Å². The number of hydrogen-bond donors (Lipinski definition) is 0. The molecule has 0 atom stereocenters. The van der Waals surface area contributed by atoms with Gasteiger partial charge in [0.05, 0.1) is 0 Å². The molecule has 0 saturated carbocycles. The van der Waals surface area contributed by atoms with Crippen molar-refractivity contribution in [1.82, 2.24) is 0 Å². The third kappa shape index (κ3) is 7.48. The predicted molar refractivity (Wildman–Crippen MR) is 230 cm³/mol. The van der Waals surface area contributed by atoms with Crippen LogP contribution in [0.2, 0.25) is 0 Å². The molecular formula is C52H36O4Sn. The first-order chi connectivity index (χ1) is 27.9. The average molecular weight is 844 g/mol. The molecule has 8 aromatic carbocycles. The Morgan fingerprint density at radius 1 is 0.211 bits per heavy atom. The Kier molecular flexibility index (Phi) is 10.8. The third-order valence-electron chi connectivity index (χ3n) is 10.5. The van der Waals surface area contributed by atoms with Crippen LogP contribution in [-0.2, 0) is 0 Å². The van der Waals surface area contributed by atoms with Crippen molar-refractivity contribution < 1.29 is 19.2 Å². The SMILES string of the molecule is O=C(c1ccccc1)c1cc[c]([Sn]([c]2ccc(C(=O)c3ccccc3)cc2)([c]2ccc(C(=O)c3ccccc3)cc2)[c]2ccc(C(=O)c3ccccc3)cc2)cc1. The first kappa shape index (κ1) is 37.2. The Labute approximate surface area is 336 Å². The van der Waals surface area contributed by atoms with Crippen LogP contribution < -0.4 is 14.3 Å². The zero-order valence-electron chi connectivity index (χ0n) is 30.9. The summed E-state index contributed by atoms with van der Waals surface area (Å²) in [6.07, 6.45) is 0. The standard InChI is InChI=1S/4C13H9O.Sn/c4*14-13(11-7-3-1-4-8-11)12-9-5-2-6-10-12;/h4*1,3-10H;. The molecule has 272 valence electrons. The van der Waals surface area contributed by atoms with Crippen molar-refractivity contribution in [3.63, 3.8) is 0 Å². The van der Waals surface area contributed by atoms with E-state index in [4.69, 9.17) is 0 Å². The Balaban J connectivity index is 1.31. The van der Waals surface area contributed by atoms with E-state index in [9.17, 15) is 19.2 Å². The van der Waals surface area contributed by atoms with Gasteiger partial charge in [0, 0.05) is 0 Å². The Morgan fingerprint density at radius 2 is 0.368 bits per heavy atom. The Morgan fingerprint density at radius 3 is 0.544 bits per heavy atom. The molecule has 0 aliphatic carbocycles. The average Bonchev–Trinajstić information content (AvgIpc) is 3.30. The van der Waals surface area contributed by atoms with E-state index in [1.807, 2.05) is 170 Å². The van der Waals surface area contributed by atoms with Gasteiger partial charge < -0.3 is 0 Å². The van der Waals surface area contributed by atoms with Gasteiger partial charge in [-0.25, -0.2) is 0 Å². The molecule has 0 saturated heterocycles. The summed E-state index contributed by atoms with van der Waals surface area (Å²) < 4.78 is 4.22. The van der Waals surface area contributed by atoms with Crippen LogP contribution in [0.15, 0.2) is 218 Å². The van der Waals surface area contributed by atoms with Crippen LogP contribution in [0.1, 0.15) is 63.7 Å². The normalized spacial score (nSPS) is 11.1. The third-order valence-corrected chi connectivity index (χ3v) is 24.2. The fourth-order valence-corrected chi connectivity index (χ4v) is 20.8. The summed E-state index contributed by atoms with van der Waals surface area (Å²) in [6, 6.07) is 68.5. The van der Waals surface area contributed by atoms with E-state index in [0.717, 1.165) is 14.3 Å². The van der Waals surface area contributed by atoms with E-state index >= 15 is 0 Å². The van der Waals surface area contributed by atoms with E-state index in [1.54, 1.807) is 0 Å². The first-order valence-electron chi connectivity index (χ1n) is 18.7. The fourth-order valence-electron chi connectivity index (χ4n) is 7.51. The summed E-state index contributed by atoms with van der Waals surface area (Å²) in [7, 11) is 0. The van der Waals surface area contributed by atoms with Gasteiger partial charge in [-0.3, -0.25) is 0 Å². The minimum atomic E-state index is -4.46. The summed E-state index contributed by atoms with van der Waals surface area (Å²) in [5, 5.41) is 0. The number of ketones is 4. The number of rotatable bonds is 12. The van der Waals surface area contributed by atoms with Crippen molar-refractivity contribution in [2.45, 2.75) is 0 Å². The van der Waals surface area contributed by atoms with Crippen LogP contribution in [0.3, 0.4) is 0 Å². The van der Waals surface area contributed by atoms with Gasteiger partial charge >= 0.3 is 338 Å². The second-order valence-electron chi connectivity index (χ2n) is 13.8. The van der Waals surface area contributed by atoms with Crippen molar-refractivity contribution in [2.24, 2.45) is 0 Å². The number of hydrogen-bond acceptors (Lipinski definition) is 4. The van der Waals surface area contributed by atoms with Crippen molar-refractivity contribution in [3.05, 3.63) is 263 Å². The molecule has 0 aliphatic heterocycles. The van der Waals surface area contributed by atoms with Crippen molar-refractivity contribution >= 4 is 55.8 Å². The van der Waals surface area contributed by atoms with Crippen LogP contribution >= 0.6 is 0 Å². The molecule has 0 aromatic heterocycles. The van der Waals surface area contributed by atoms with E-state index in [1.165, 1.54) is 0 Å². The molecule has 0 heterocycles. The van der Waals surface area contributed by atoms with E-state index in [0.29, 0.717) is 44.5 Å². The van der Waals surface area contributed by atoms with Gasteiger partial charge in [0.2, 0.25) is 0 Å². The predicted octanol–water partition coefficient (Wildman–Crippen LogP) is 7.99. The van der Waals surface area contributed by atoms with Crippen LogP contribution in [0, 0.1) is 0 Å². The molecular weight excluding hydrogens is 807 g/mol. The fraction of sp³-hybridized carbons (Fsp3) is 0. The van der Waals surface area contributed by atoms with Crippen LogP contribution in [0.4, 0.5) is 0 Å². The molecule has 0 fully saturated rings. The molecule has 0 radical (unpaired) electrons. The molecule has 4 nitrogen and oxygen atoms in total. The molecule has 0 amide bonds. The summed E-state index contributed by atoms with van der Waals surface area (Å²) in [5.74, 6) is -0.280. The van der Waals surface area contributed by atoms with E-state index in [2.05, 4.69) is 48.5 Å². The van der Waals surface area contributed by atoms with Gasteiger partial charge in [-0.05, 0) is 0 Å². The summed E-state index contributed by atoms with van der Waals surface area (Å²) in [4.78, 5) is 54.4. The molecule has 0 N–H and O–H groups in total. The molecule has 0 aliphatic rings. The second-order valence-corrected chi connectivity index (χ2v) is 24.7. The van der Waals surface area contributed by atoms with Gasteiger partial charge in [0.15, 0.2) is 0 Å². The summed E-state index contributed by atoms with van der Waals surface area (Å²) >= 11 is -4.46. The Bertz CT molecular complexity index is 2290. The van der Waals surface area contributed by atoms with Gasteiger partial charge in [-0.2, -0.15) is 0 Å². The molecule has 0 spiro atoms. The van der Waals surface area contributed by atoms with Crippen molar-refractivity contribution in [2.75, 3.05) is 0 Å². The number of carbonyl (C=O) groups is 4. The molecule has 5 heteroatoms. The zero-order valence-corrected chi connectivity index (χ0v) is 33.8. The Hall–Kier alpha value is -6.76. The molecule has 8 rings (SSSR count). The van der Waals surface area contributed by atoms with E-state index in [-0.39, 0.29) is 23.1 Å². The maximum atomic E-state index is 13.6. The van der Waals surface area contributed by atoms with Crippen LogP contribution in [-0.4, -0.2) is 41.5 Å². The molecule has 0 bridgehead atoms. The zero-order chi connectivity index (χ0) is 39.2. The number of carbonyl (C=O) groups excluding carboxylic acids is 4. The van der Waals surface area contributed by atoms with Crippen LogP contribution in [0.5, 0.6) is 0 Å². The number of benzene rings is 8. The second kappa shape index (κ2) is 16.5. The molecule has 0 unspecified atom stereocenters. The quantitative estimate of drug-likeness (QED) is 0.0925. The monoisotopic (exact) mass is 844 g/mol. The van der Waals surface area contributed by atoms with Gasteiger partial charge in [-0.1, -0.05) is 0 Å². The summed E-state index contributed by atoms with van der Waals surface area (Å²) in [5.41, 5.74) is 4.71. The van der Waals surface area contributed by atoms with Gasteiger partial charge in [0.1, 0.15) is 0 Å². The minimum absolute atomic E-state index is 0.0701. The topological polar surface area (TPSA) is 68.3 Å². The van der Waals surface area contributed by atoms with E-state index < -0.39 is 18.4 Å². The summed E-state index contributed by atoms with van der Waals surface area (Å²) in [6.45, 7) is 0. The first-order valence-corrected chi connectivity index (χ1v) is 24.5. The van der Waals surface area contributed by atoms with Crippen LogP contribution in [0.25, 0.3) is 0 Å². The van der Waals surface area contributed by atoms with Crippen molar-refractivity contribution in [3.8, 4) is 0 Å². The maximum absolute atomic E-state index is 13.6. The molecule has 8 aromatic rings. The molecule has 57 heavy (non-hydrogen) atoms. The van der Waals surface area contributed by atoms with Gasteiger partial charge in [0.25, 0.3) is 0 Å². The van der Waals surface area contributed by atoms with Gasteiger partial charge in [-0.15, -0.1) is 0 Å².